The van der Waals surface area contributed by atoms with Crippen molar-refractivity contribution in [2.75, 3.05) is 5.32 Å². The van der Waals surface area contributed by atoms with Gasteiger partial charge >= 0.3 is 0 Å². The number of carbonyl (C=O) groups is 2. The number of furan rings is 1. The van der Waals surface area contributed by atoms with Gasteiger partial charge in [0.15, 0.2) is 5.76 Å². The summed E-state index contributed by atoms with van der Waals surface area (Å²) in [5.74, 6) is -0.480. The summed E-state index contributed by atoms with van der Waals surface area (Å²) in [5, 5.41) is 7.19. The van der Waals surface area contributed by atoms with Crippen LogP contribution in [0.2, 0.25) is 5.02 Å². The van der Waals surface area contributed by atoms with Crippen LogP contribution in [0.1, 0.15) is 33.4 Å². The monoisotopic (exact) mass is 381 g/mol. The Bertz CT molecular complexity index is 980. The fourth-order valence-corrected chi connectivity index (χ4v) is 2.52. The Morgan fingerprint density at radius 2 is 1.70 bits per heavy atom. The highest BCUT2D eigenvalue weighted by Crippen LogP contribution is 2.15. The summed E-state index contributed by atoms with van der Waals surface area (Å²) in [5.41, 5.74) is 4.87. The molecular weight excluding hydrogens is 366 g/mol. The summed E-state index contributed by atoms with van der Waals surface area (Å²) < 4.78 is 5.05. The number of benzene rings is 2. The highest BCUT2D eigenvalue weighted by atomic mass is 35.5. The molecule has 0 atom stereocenters. The zero-order valence-corrected chi connectivity index (χ0v) is 15.2. The lowest BCUT2D eigenvalue weighted by Crippen LogP contribution is -2.19. The Balaban J connectivity index is 1.64. The van der Waals surface area contributed by atoms with Gasteiger partial charge in [0.2, 0.25) is 0 Å². The molecular formula is C20H16ClN3O3. The highest BCUT2D eigenvalue weighted by Gasteiger charge is 2.10. The molecule has 27 heavy (non-hydrogen) atoms. The molecule has 6 nitrogen and oxygen atoms in total. The lowest BCUT2D eigenvalue weighted by molar-refractivity contribution is 0.0953. The van der Waals surface area contributed by atoms with Crippen LogP contribution in [0.4, 0.5) is 5.69 Å². The van der Waals surface area contributed by atoms with Crippen molar-refractivity contribution in [3.8, 4) is 0 Å². The lowest BCUT2D eigenvalue weighted by Gasteiger charge is -2.06. The molecule has 2 aromatic carbocycles. The number of halogens is 1. The van der Waals surface area contributed by atoms with Crippen LogP contribution in [0.3, 0.4) is 0 Å². The van der Waals surface area contributed by atoms with Crippen molar-refractivity contribution >= 4 is 34.8 Å². The van der Waals surface area contributed by atoms with Gasteiger partial charge in [-0.2, -0.15) is 5.10 Å². The SMILES string of the molecule is CC(=NNC(=O)c1ccccc1Cl)c1ccc(NC(=O)c2ccco2)cc1. The molecule has 1 aromatic heterocycles. The molecule has 0 radical (unpaired) electrons. The molecule has 136 valence electrons. The van der Waals surface area contributed by atoms with Crippen molar-refractivity contribution in [3.63, 3.8) is 0 Å². The molecule has 0 unspecified atom stereocenters. The highest BCUT2D eigenvalue weighted by molar-refractivity contribution is 6.33. The van der Waals surface area contributed by atoms with E-state index < -0.39 is 0 Å². The zero-order valence-electron chi connectivity index (χ0n) is 14.4. The van der Waals surface area contributed by atoms with Gasteiger partial charge < -0.3 is 9.73 Å². The van der Waals surface area contributed by atoms with Gasteiger partial charge in [-0.25, -0.2) is 5.43 Å². The van der Waals surface area contributed by atoms with Crippen molar-refractivity contribution in [1.82, 2.24) is 5.43 Å². The molecule has 2 N–H and O–H groups in total. The first kappa shape index (κ1) is 18.4. The van der Waals surface area contributed by atoms with E-state index in [1.807, 2.05) is 0 Å². The Hall–Kier alpha value is -3.38. The van der Waals surface area contributed by atoms with E-state index in [0.29, 0.717) is 22.0 Å². The molecule has 0 bridgehead atoms. The maximum absolute atomic E-state index is 12.1. The molecule has 0 saturated carbocycles. The average molecular weight is 382 g/mol. The van der Waals surface area contributed by atoms with Crippen LogP contribution >= 0.6 is 11.6 Å². The fraction of sp³-hybridized carbons (Fsp3) is 0.0500. The zero-order chi connectivity index (χ0) is 19.2. The van der Waals surface area contributed by atoms with Gasteiger partial charge in [0, 0.05) is 5.69 Å². The second kappa shape index (κ2) is 8.33. The van der Waals surface area contributed by atoms with E-state index >= 15 is 0 Å². The number of anilines is 1. The van der Waals surface area contributed by atoms with Crippen LogP contribution in [-0.2, 0) is 0 Å². The Morgan fingerprint density at radius 3 is 2.37 bits per heavy atom. The molecule has 3 aromatic rings. The smallest absolute Gasteiger partial charge is 0.291 e. The number of nitrogens with one attached hydrogen (secondary N) is 2. The van der Waals surface area contributed by atoms with Crippen LogP contribution in [0.15, 0.2) is 76.4 Å². The third-order valence-electron chi connectivity index (χ3n) is 3.75. The van der Waals surface area contributed by atoms with Crippen molar-refractivity contribution in [3.05, 3.63) is 88.8 Å². The molecule has 0 aliphatic rings. The van der Waals surface area contributed by atoms with E-state index in [-0.39, 0.29) is 17.6 Å². The second-order valence-electron chi connectivity index (χ2n) is 5.63. The standard InChI is InChI=1S/C20H16ClN3O3/c1-13(23-24-19(25)16-5-2-3-6-17(16)21)14-8-10-15(11-9-14)22-20(26)18-7-4-12-27-18/h2-12H,1H3,(H,22,26)(H,24,25). The number of hydrogen-bond donors (Lipinski definition) is 2. The minimum absolute atomic E-state index is 0.235. The van der Waals surface area contributed by atoms with E-state index in [1.165, 1.54) is 6.26 Å². The van der Waals surface area contributed by atoms with E-state index in [9.17, 15) is 9.59 Å². The summed E-state index contributed by atoms with van der Waals surface area (Å²) in [6.07, 6.45) is 1.44. The minimum atomic E-state index is -0.387. The molecule has 0 aliphatic carbocycles. The third kappa shape index (κ3) is 4.62. The summed E-state index contributed by atoms with van der Waals surface area (Å²) in [6.45, 7) is 1.77. The average Bonchev–Trinajstić information content (AvgIpc) is 3.22. The van der Waals surface area contributed by atoms with Gasteiger partial charge in [-0.3, -0.25) is 9.59 Å². The van der Waals surface area contributed by atoms with Crippen LogP contribution in [0, 0.1) is 0 Å². The quantitative estimate of drug-likeness (QED) is 0.509. The number of hydrazone groups is 1. The van der Waals surface area contributed by atoms with Gasteiger partial charge in [0.05, 0.1) is 22.6 Å². The maximum atomic E-state index is 12.1. The summed E-state index contributed by atoms with van der Waals surface area (Å²) in [4.78, 5) is 24.1. The Kier molecular flexibility index (Phi) is 5.68. The van der Waals surface area contributed by atoms with Gasteiger partial charge in [-0.15, -0.1) is 0 Å². The fourth-order valence-electron chi connectivity index (χ4n) is 2.30. The normalized spacial score (nSPS) is 11.1. The van der Waals surface area contributed by atoms with E-state index in [0.717, 1.165) is 5.56 Å². The second-order valence-corrected chi connectivity index (χ2v) is 6.03. The van der Waals surface area contributed by atoms with Gasteiger partial charge in [-0.1, -0.05) is 35.9 Å². The molecule has 3 rings (SSSR count). The largest absolute Gasteiger partial charge is 0.459 e. The van der Waals surface area contributed by atoms with Gasteiger partial charge in [0.25, 0.3) is 11.8 Å². The summed E-state index contributed by atoms with van der Waals surface area (Å²) >= 11 is 6.00. The topological polar surface area (TPSA) is 83.7 Å². The lowest BCUT2D eigenvalue weighted by atomic mass is 10.1. The van der Waals surface area contributed by atoms with E-state index in [1.54, 1.807) is 67.6 Å². The predicted molar refractivity (Wildman–Crippen MR) is 104 cm³/mol. The molecule has 0 aliphatic heterocycles. The van der Waals surface area contributed by atoms with Crippen LogP contribution in [-0.4, -0.2) is 17.5 Å². The van der Waals surface area contributed by atoms with Crippen LogP contribution < -0.4 is 10.7 Å². The summed E-state index contributed by atoms with van der Waals surface area (Å²) in [7, 11) is 0. The minimum Gasteiger partial charge on any atom is -0.459 e. The Morgan fingerprint density at radius 1 is 0.963 bits per heavy atom. The number of amides is 2. The molecule has 2 amide bonds. The first-order valence-electron chi connectivity index (χ1n) is 8.09. The maximum Gasteiger partial charge on any atom is 0.291 e. The van der Waals surface area contributed by atoms with Crippen molar-refractivity contribution in [2.24, 2.45) is 5.10 Å². The first-order chi connectivity index (χ1) is 13.0. The predicted octanol–water partition coefficient (Wildman–Crippen LogP) is 4.34. The van der Waals surface area contributed by atoms with E-state index in [2.05, 4.69) is 15.8 Å². The number of hydrogen-bond acceptors (Lipinski definition) is 4. The van der Waals surface area contributed by atoms with Crippen LogP contribution in [0.25, 0.3) is 0 Å². The van der Waals surface area contributed by atoms with Gasteiger partial charge in [0.1, 0.15) is 0 Å². The van der Waals surface area contributed by atoms with Crippen molar-refractivity contribution in [2.45, 2.75) is 6.92 Å². The summed E-state index contributed by atoms with van der Waals surface area (Å²) in [6, 6.07) is 17.0. The van der Waals surface area contributed by atoms with E-state index in [4.69, 9.17) is 16.0 Å². The molecule has 0 spiro atoms. The third-order valence-corrected chi connectivity index (χ3v) is 4.08. The molecule has 7 heteroatoms. The molecule has 0 fully saturated rings. The van der Waals surface area contributed by atoms with Gasteiger partial charge in [-0.05, 0) is 48.9 Å². The first-order valence-corrected chi connectivity index (χ1v) is 8.47. The Labute approximate surface area is 160 Å². The number of nitrogens with zero attached hydrogens (tertiary/aromatic N) is 1. The number of carbonyl (C=O) groups excluding carboxylic acids is 2. The molecule has 0 saturated heterocycles. The molecule has 1 heterocycles. The number of rotatable bonds is 5. The van der Waals surface area contributed by atoms with Crippen molar-refractivity contribution < 1.29 is 14.0 Å². The van der Waals surface area contributed by atoms with Crippen molar-refractivity contribution in [1.29, 1.82) is 0 Å². The van der Waals surface area contributed by atoms with Crippen LogP contribution in [0.5, 0.6) is 0 Å².